The number of sulfonamides is 1. The molecule has 0 aromatic heterocycles. The van der Waals surface area contributed by atoms with Crippen LogP contribution in [-0.2, 0) is 24.3 Å². The summed E-state index contributed by atoms with van der Waals surface area (Å²) in [5.41, 5.74) is 0.630. The Balaban J connectivity index is 2.05. The molecule has 2 rings (SSSR count). The summed E-state index contributed by atoms with van der Waals surface area (Å²) in [5.74, 6) is -0.436. The van der Waals surface area contributed by atoms with E-state index in [0.717, 1.165) is 13.1 Å². The highest BCUT2D eigenvalue weighted by Crippen LogP contribution is 2.18. The Morgan fingerprint density at radius 3 is 2.41 bits per heavy atom. The standard InChI is InChI=1S/C18H29N3O5S/c1-20-8-10-21(11-9-20)18(22)17(16-6-4-3-5-7-16)19-27(23,24)15-14-26-13-12-25-2/h3-7,17,19H,8-15H2,1-2H3. The monoisotopic (exact) mass is 399 g/mol. The lowest BCUT2D eigenvalue weighted by molar-refractivity contribution is -0.134. The first-order chi connectivity index (χ1) is 12.9. The lowest BCUT2D eigenvalue weighted by Crippen LogP contribution is -2.51. The van der Waals surface area contributed by atoms with Crippen LogP contribution in [0.1, 0.15) is 11.6 Å². The Labute approximate surface area is 161 Å². The second kappa shape index (κ2) is 10.7. The van der Waals surface area contributed by atoms with Crippen molar-refractivity contribution in [2.75, 3.05) is 65.9 Å². The number of likely N-dealkylation sites (N-methyl/N-ethyl adjacent to an activating group) is 1. The minimum Gasteiger partial charge on any atom is -0.382 e. The fourth-order valence-corrected chi connectivity index (χ4v) is 3.82. The van der Waals surface area contributed by atoms with Crippen LogP contribution in [0.15, 0.2) is 30.3 Å². The third-order valence-electron chi connectivity index (χ3n) is 4.42. The van der Waals surface area contributed by atoms with Gasteiger partial charge in [-0.25, -0.2) is 8.42 Å². The van der Waals surface area contributed by atoms with Crippen LogP contribution in [0.3, 0.4) is 0 Å². The molecule has 1 unspecified atom stereocenters. The molecule has 1 aliphatic heterocycles. The molecule has 0 radical (unpaired) electrons. The number of carbonyl (C=O) groups is 1. The molecule has 8 nitrogen and oxygen atoms in total. The van der Waals surface area contributed by atoms with E-state index in [0.29, 0.717) is 31.9 Å². The summed E-state index contributed by atoms with van der Waals surface area (Å²) in [4.78, 5) is 16.9. The summed E-state index contributed by atoms with van der Waals surface area (Å²) in [6, 6.07) is 8.01. The first-order valence-corrected chi connectivity index (χ1v) is 10.7. The Morgan fingerprint density at radius 1 is 1.11 bits per heavy atom. The molecule has 1 aromatic rings. The number of ether oxygens (including phenoxy) is 2. The van der Waals surface area contributed by atoms with E-state index in [1.54, 1.807) is 36.3 Å². The molecule has 0 aliphatic carbocycles. The molecule has 9 heteroatoms. The summed E-state index contributed by atoms with van der Waals surface area (Å²) in [5, 5.41) is 0. The summed E-state index contributed by atoms with van der Waals surface area (Å²) in [6.45, 7) is 3.49. The second-order valence-electron chi connectivity index (χ2n) is 6.51. The molecule has 1 amide bonds. The molecular formula is C18H29N3O5S. The van der Waals surface area contributed by atoms with Crippen molar-refractivity contribution in [2.24, 2.45) is 0 Å². The number of methoxy groups -OCH3 is 1. The lowest BCUT2D eigenvalue weighted by Gasteiger charge is -2.34. The maximum absolute atomic E-state index is 13.0. The molecule has 152 valence electrons. The number of nitrogens with zero attached hydrogens (tertiary/aromatic N) is 2. The summed E-state index contributed by atoms with van der Waals surface area (Å²) in [6.07, 6.45) is 0. The van der Waals surface area contributed by atoms with Crippen LogP contribution in [0.5, 0.6) is 0 Å². The fraction of sp³-hybridized carbons (Fsp3) is 0.611. The van der Waals surface area contributed by atoms with E-state index in [-0.39, 0.29) is 18.3 Å². The number of carbonyl (C=O) groups excluding carboxylic acids is 1. The minimum absolute atomic E-state index is 0.0445. The van der Waals surface area contributed by atoms with E-state index >= 15 is 0 Å². The number of hydrogen-bond acceptors (Lipinski definition) is 6. The molecule has 0 spiro atoms. The average Bonchev–Trinajstić information content (AvgIpc) is 2.67. The highest BCUT2D eigenvalue weighted by atomic mass is 32.2. The molecule has 27 heavy (non-hydrogen) atoms. The van der Waals surface area contributed by atoms with E-state index in [1.807, 2.05) is 13.1 Å². The lowest BCUT2D eigenvalue weighted by atomic mass is 10.1. The van der Waals surface area contributed by atoms with Crippen LogP contribution >= 0.6 is 0 Å². The number of nitrogens with one attached hydrogen (secondary N) is 1. The van der Waals surface area contributed by atoms with E-state index in [1.165, 1.54) is 0 Å². The van der Waals surface area contributed by atoms with Crippen LogP contribution in [0.4, 0.5) is 0 Å². The number of rotatable bonds is 10. The predicted molar refractivity (Wildman–Crippen MR) is 103 cm³/mol. The Kier molecular flexibility index (Phi) is 8.65. The van der Waals surface area contributed by atoms with Crippen LogP contribution < -0.4 is 4.72 Å². The van der Waals surface area contributed by atoms with Crippen molar-refractivity contribution >= 4 is 15.9 Å². The largest absolute Gasteiger partial charge is 0.382 e. The van der Waals surface area contributed by atoms with Gasteiger partial charge in [-0.1, -0.05) is 30.3 Å². The first kappa shape index (κ1) is 21.8. The molecule has 0 saturated carbocycles. The van der Waals surface area contributed by atoms with Crippen molar-refractivity contribution in [2.45, 2.75) is 6.04 Å². The van der Waals surface area contributed by atoms with Crippen molar-refractivity contribution in [3.05, 3.63) is 35.9 Å². The Bertz CT molecular complexity index is 675. The van der Waals surface area contributed by atoms with Gasteiger partial charge in [-0.05, 0) is 12.6 Å². The molecular weight excluding hydrogens is 370 g/mol. The van der Waals surface area contributed by atoms with Gasteiger partial charge in [0.15, 0.2) is 0 Å². The molecule has 1 aliphatic rings. The van der Waals surface area contributed by atoms with Crippen molar-refractivity contribution in [1.82, 2.24) is 14.5 Å². The van der Waals surface area contributed by atoms with Gasteiger partial charge in [0.2, 0.25) is 15.9 Å². The SMILES string of the molecule is COCCOCCS(=O)(=O)NC(C(=O)N1CCN(C)CC1)c1ccccc1. The molecule has 1 saturated heterocycles. The zero-order chi connectivity index (χ0) is 19.7. The van der Waals surface area contributed by atoms with E-state index in [4.69, 9.17) is 9.47 Å². The smallest absolute Gasteiger partial charge is 0.245 e. The molecule has 1 aromatic carbocycles. The van der Waals surface area contributed by atoms with E-state index < -0.39 is 16.1 Å². The predicted octanol–water partition coefficient (Wildman–Crippen LogP) is 0.0841. The molecule has 1 atom stereocenters. The maximum Gasteiger partial charge on any atom is 0.245 e. The maximum atomic E-state index is 13.0. The first-order valence-electron chi connectivity index (χ1n) is 9.02. The Morgan fingerprint density at radius 2 is 1.78 bits per heavy atom. The zero-order valence-electron chi connectivity index (χ0n) is 16.0. The quantitative estimate of drug-likeness (QED) is 0.561. The van der Waals surface area contributed by atoms with E-state index in [2.05, 4.69) is 9.62 Å². The molecule has 0 bridgehead atoms. The third-order valence-corrected chi connectivity index (χ3v) is 5.72. The van der Waals surface area contributed by atoms with Crippen LogP contribution in [0.2, 0.25) is 0 Å². The third kappa shape index (κ3) is 7.19. The van der Waals surface area contributed by atoms with Crippen LogP contribution in [0, 0.1) is 0 Å². The zero-order valence-corrected chi connectivity index (χ0v) is 16.8. The van der Waals surface area contributed by atoms with Gasteiger partial charge in [0.25, 0.3) is 0 Å². The van der Waals surface area contributed by atoms with Crippen molar-refractivity contribution < 1.29 is 22.7 Å². The van der Waals surface area contributed by atoms with Crippen molar-refractivity contribution in [1.29, 1.82) is 0 Å². The van der Waals surface area contributed by atoms with Gasteiger partial charge in [0.05, 0.1) is 25.6 Å². The summed E-state index contributed by atoms with van der Waals surface area (Å²) >= 11 is 0. The van der Waals surface area contributed by atoms with Crippen molar-refractivity contribution in [3.63, 3.8) is 0 Å². The molecule has 1 heterocycles. The average molecular weight is 400 g/mol. The van der Waals surface area contributed by atoms with Crippen molar-refractivity contribution in [3.8, 4) is 0 Å². The number of piperazine rings is 1. The highest BCUT2D eigenvalue weighted by molar-refractivity contribution is 7.89. The summed E-state index contributed by atoms with van der Waals surface area (Å²) < 4.78 is 37.6. The second-order valence-corrected chi connectivity index (χ2v) is 8.39. The number of amides is 1. The van der Waals surface area contributed by atoms with Gasteiger partial charge >= 0.3 is 0 Å². The van der Waals surface area contributed by atoms with Gasteiger partial charge in [-0.15, -0.1) is 0 Å². The normalized spacial score (nSPS) is 17.0. The van der Waals surface area contributed by atoms with Gasteiger partial charge in [0, 0.05) is 33.3 Å². The number of benzene rings is 1. The summed E-state index contributed by atoms with van der Waals surface area (Å²) in [7, 11) is -0.130. The van der Waals surface area contributed by atoms with Gasteiger partial charge in [0.1, 0.15) is 6.04 Å². The highest BCUT2D eigenvalue weighted by Gasteiger charge is 2.31. The van der Waals surface area contributed by atoms with Crippen LogP contribution in [-0.4, -0.2) is 90.0 Å². The van der Waals surface area contributed by atoms with Crippen LogP contribution in [0.25, 0.3) is 0 Å². The Hall–Kier alpha value is -1.52. The van der Waals surface area contributed by atoms with Gasteiger partial charge < -0.3 is 19.3 Å². The molecule has 1 N–H and O–H groups in total. The molecule has 1 fully saturated rings. The van der Waals surface area contributed by atoms with Gasteiger partial charge in [-0.2, -0.15) is 4.72 Å². The van der Waals surface area contributed by atoms with Gasteiger partial charge in [-0.3, -0.25) is 4.79 Å². The fourth-order valence-electron chi connectivity index (χ4n) is 2.77. The minimum atomic E-state index is -3.68. The van der Waals surface area contributed by atoms with E-state index in [9.17, 15) is 13.2 Å². The number of hydrogen-bond donors (Lipinski definition) is 1. The topological polar surface area (TPSA) is 88.2 Å².